The highest BCUT2D eigenvalue weighted by Crippen LogP contribution is 2.21. The van der Waals surface area contributed by atoms with Gasteiger partial charge >= 0.3 is 5.97 Å². The molecule has 114 valence electrons. The average Bonchev–Trinajstić information content (AvgIpc) is 2.48. The van der Waals surface area contributed by atoms with Gasteiger partial charge in [-0.15, -0.1) is 0 Å². The van der Waals surface area contributed by atoms with Gasteiger partial charge in [-0.3, -0.25) is 4.79 Å². The lowest BCUT2D eigenvalue weighted by molar-refractivity contribution is -0.152. The Morgan fingerprint density at radius 2 is 2.10 bits per heavy atom. The molecule has 0 spiro atoms. The molecule has 21 heavy (non-hydrogen) atoms. The van der Waals surface area contributed by atoms with Crippen LogP contribution in [0.15, 0.2) is 24.3 Å². The maximum Gasteiger partial charge on any atom is 0.329 e. The van der Waals surface area contributed by atoms with Crippen LogP contribution in [0.3, 0.4) is 0 Å². The van der Waals surface area contributed by atoms with Crippen LogP contribution in [0.2, 0.25) is 0 Å². The van der Waals surface area contributed by atoms with Gasteiger partial charge in [-0.05, 0) is 17.7 Å². The Kier molecular flexibility index (Phi) is 4.80. The van der Waals surface area contributed by atoms with E-state index in [0.29, 0.717) is 19.0 Å². The molecule has 0 aromatic heterocycles. The van der Waals surface area contributed by atoms with Crippen molar-refractivity contribution in [3.63, 3.8) is 0 Å². The zero-order valence-corrected chi connectivity index (χ0v) is 11.9. The normalized spacial score (nSPS) is 17.0. The molecule has 2 rings (SSSR count). The molecule has 1 heterocycles. The number of nitrogens with one attached hydrogen (secondary N) is 1. The number of ether oxygens (including phenoxy) is 2. The van der Waals surface area contributed by atoms with Crippen LogP contribution in [0.5, 0.6) is 5.75 Å². The number of aliphatic carboxylic acids is 1. The molecule has 6 heteroatoms. The average molecular weight is 293 g/mol. The van der Waals surface area contributed by atoms with Crippen LogP contribution < -0.4 is 10.1 Å². The van der Waals surface area contributed by atoms with Gasteiger partial charge in [0, 0.05) is 26.1 Å². The summed E-state index contributed by atoms with van der Waals surface area (Å²) < 4.78 is 10.3. The summed E-state index contributed by atoms with van der Waals surface area (Å²) in [5.41, 5.74) is -0.437. The van der Waals surface area contributed by atoms with Gasteiger partial charge in [0.1, 0.15) is 11.3 Å². The molecule has 0 saturated carbocycles. The Balaban J connectivity index is 2.03. The Labute approximate surface area is 123 Å². The van der Waals surface area contributed by atoms with Crippen LogP contribution in [0, 0.1) is 0 Å². The van der Waals surface area contributed by atoms with Gasteiger partial charge in [0.25, 0.3) is 0 Å². The number of carboxylic acid groups (broad SMARTS) is 1. The van der Waals surface area contributed by atoms with Crippen LogP contribution in [0.4, 0.5) is 0 Å². The summed E-state index contributed by atoms with van der Waals surface area (Å²) in [5, 5.41) is 12.1. The number of carbonyl (C=O) groups is 2. The highest BCUT2D eigenvalue weighted by atomic mass is 16.5. The molecule has 0 aliphatic carbocycles. The Morgan fingerprint density at radius 3 is 2.71 bits per heavy atom. The predicted molar refractivity (Wildman–Crippen MR) is 75.3 cm³/mol. The van der Waals surface area contributed by atoms with E-state index < -0.39 is 11.5 Å². The topological polar surface area (TPSA) is 84.9 Å². The fourth-order valence-electron chi connectivity index (χ4n) is 2.39. The van der Waals surface area contributed by atoms with Crippen molar-refractivity contribution < 1.29 is 24.2 Å². The first-order valence-electron chi connectivity index (χ1n) is 6.81. The molecular formula is C15H19NO5. The molecule has 0 bridgehead atoms. The Hall–Kier alpha value is -2.08. The number of amides is 1. The predicted octanol–water partition coefficient (Wildman–Crippen LogP) is 0.988. The number of benzene rings is 1. The van der Waals surface area contributed by atoms with Crippen molar-refractivity contribution in [2.45, 2.75) is 24.8 Å². The van der Waals surface area contributed by atoms with E-state index in [1.165, 1.54) is 0 Å². The number of carboxylic acids is 1. The zero-order chi connectivity index (χ0) is 15.3. The maximum absolute atomic E-state index is 12.1. The van der Waals surface area contributed by atoms with Crippen molar-refractivity contribution in [2.24, 2.45) is 0 Å². The first-order chi connectivity index (χ1) is 10.1. The van der Waals surface area contributed by atoms with Crippen molar-refractivity contribution >= 4 is 11.9 Å². The van der Waals surface area contributed by atoms with E-state index >= 15 is 0 Å². The van der Waals surface area contributed by atoms with Gasteiger partial charge in [-0.25, -0.2) is 4.79 Å². The van der Waals surface area contributed by atoms with E-state index in [9.17, 15) is 14.7 Å². The van der Waals surface area contributed by atoms with Gasteiger partial charge in [-0.2, -0.15) is 0 Å². The third-order valence-corrected chi connectivity index (χ3v) is 3.63. The lowest BCUT2D eigenvalue weighted by Gasteiger charge is -2.33. The van der Waals surface area contributed by atoms with E-state index in [0.717, 1.165) is 5.56 Å². The molecule has 1 aliphatic heterocycles. The number of hydrogen-bond donors (Lipinski definition) is 2. The van der Waals surface area contributed by atoms with E-state index in [2.05, 4.69) is 5.32 Å². The quantitative estimate of drug-likeness (QED) is 0.845. The third kappa shape index (κ3) is 3.72. The minimum absolute atomic E-state index is 0.118. The summed E-state index contributed by atoms with van der Waals surface area (Å²) >= 11 is 0. The molecule has 1 aromatic carbocycles. The van der Waals surface area contributed by atoms with Crippen LogP contribution in [0.1, 0.15) is 18.4 Å². The molecule has 0 atom stereocenters. The van der Waals surface area contributed by atoms with Crippen molar-refractivity contribution in [3.05, 3.63) is 29.8 Å². The zero-order valence-electron chi connectivity index (χ0n) is 11.9. The van der Waals surface area contributed by atoms with E-state index in [-0.39, 0.29) is 25.2 Å². The first kappa shape index (κ1) is 15.3. The molecule has 6 nitrogen and oxygen atoms in total. The molecule has 1 saturated heterocycles. The second-order valence-electron chi connectivity index (χ2n) is 5.08. The van der Waals surface area contributed by atoms with Gasteiger partial charge in [0.2, 0.25) is 5.91 Å². The summed E-state index contributed by atoms with van der Waals surface area (Å²) in [4.78, 5) is 23.6. The molecule has 0 unspecified atom stereocenters. The summed E-state index contributed by atoms with van der Waals surface area (Å²) in [6.07, 6.45) is 0.686. The largest absolute Gasteiger partial charge is 0.497 e. The monoisotopic (exact) mass is 293 g/mol. The Bertz CT molecular complexity index is 523. The van der Waals surface area contributed by atoms with Gasteiger partial charge < -0.3 is 19.9 Å². The number of hydrogen-bond acceptors (Lipinski definition) is 4. The first-order valence-corrected chi connectivity index (χ1v) is 6.81. The summed E-state index contributed by atoms with van der Waals surface area (Å²) in [7, 11) is 1.56. The minimum Gasteiger partial charge on any atom is -0.497 e. The van der Waals surface area contributed by atoms with E-state index in [1.807, 2.05) is 0 Å². The summed E-state index contributed by atoms with van der Waals surface area (Å²) in [5.74, 6) is -0.656. The van der Waals surface area contributed by atoms with Gasteiger partial charge in [0.15, 0.2) is 0 Å². The second-order valence-corrected chi connectivity index (χ2v) is 5.08. The van der Waals surface area contributed by atoms with Gasteiger partial charge in [-0.1, -0.05) is 12.1 Å². The van der Waals surface area contributed by atoms with Crippen LogP contribution in [-0.4, -0.2) is 42.8 Å². The van der Waals surface area contributed by atoms with Crippen LogP contribution in [-0.2, 0) is 20.7 Å². The minimum atomic E-state index is -1.21. The van der Waals surface area contributed by atoms with E-state index in [4.69, 9.17) is 9.47 Å². The molecule has 1 aromatic rings. The Morgan fingerprint density at radius 1 is 1.38 bits per heavy atom. The fraction of sp³-hybridized carbons (Fsp3) is 0.467. The van der Waals surface area contributed by atoms with Crippen molar-refractivity contribution in [1.29, 1.82) is 0 Å². The maximum atomic E-state index is 12.1. The van der Waals surface area contributed by atoms with Crippen LogP contribution >= 0.6 is 0 Å². The fourth-order valence-corrected chi connectivity index (χ4v) is 2.39. The lowest BCUT2D eigenvalue weighted by Crippen LogP contribution is -2.57. The van der Waals surface area contributed by atoms with Gasteiger partial charge in [0.05, 0.1) is 13.5 Å². The standard InChI is InChI=1S/C15H19NO5/c1-20-12-4-2-3-11(9-12)10-13(17)16-15(14(18)19)5-7-21-8-6-15/h2-4,9H,5-8,10H2,1H3,(H,16,17)(H,18,19). The van der Waals surface area contributed by atoms with E-state index in [1.54, 1.807) is 31.4 Å². The third-order valence-electron chi connectivity index (χ3n) is 3.63. The highest BCUT2D eigenvalue weighted by Gasteiger charge is 2.41. The van der Waals surface area contributed by atoms with Crippen molar-refractivity contribution in [1.82, 2.24) is 5.32 Å². The second kappa shape index (κ2) is 6.58. The molecule has 1 aliphatic rings. The lowest BCUT2D eigenvalue weighted by atomic mass is 9.90. The molecule has 2 N–H and O–H groups in total. The number of rotatable bonds is 5. The highest BCUT2D eigenvalue weighted by molar-refractivity contribution is 5.88. The molecule has 0 radical (unpaired) electrons. The number of carbonyl (C=O) groups excluding carboxylic acids is 1. The molecule has 1 amide bonds. The molecule has 1 fully saturated rings. The van der Waals surface area contributed by atoms with Crippen LogP contribution in [0.25, 0.3) is 0 Å². The summed E-state index contributed by atoms with van der Waals surface area (Å²) in [6, 6.07) is 7.15. The number of methoxy groups -OCH3 is 1. The van der Waals surface area contributed by atoms with Crippen molar-refractivity contribution in [2.75, 3.05) is 20.3 Å². The summed E-state index contributed by atoms with van der Waals surface area (Å²) in [6.45, 7) is 0.678. The smallest absolute Gasteiger partial charge is 0.329 e. The SMILES string of the molecule is COc1cccc(CC(=O)NC2(C(=O)O)CCOCC2)c1. The molecular weight excluding hydrogens is 274 g/mol. The van der Waals surface area contributed by atoms with Crippen molar-refractivity contribution in [3.8, 4) is 5.75 Å².